The summed E-state index contributed by atoms with van der Waals surface area (Å²) < 4.78 is 11.6. The summed E-state index contributed by atoms with van der Waals surface area (Å²) in [6, 6.07) is 13.4. The minimum atomic E-state index is -0.0207. The molecule has 2 saturated carbocycles. The molecule has 0 unspecified atom stereocenters. The Morgan fingerprint density at radius 1 is 0.912 bits per heavy atom. The number of piperidine rings is 1. The van der Waals surface area contributed by atoms with Crippen molar-refractivity contribution in [2.24, 2.45) is 11.3 Å². The van der Waals surface area contributed by atoms with Crippen molar-refractivity contribution in [3.63, 3.8) is 0 Å². The molecule has 184 valence electrons. The molecule has 0 amide bonds. The number of benzene rings is 2. The molecular formula is C30H41NO3. The van der Waals surface area contributed by atoms with Crippen molar-refractivity contribution in [1.29, 1.82) is 0 Å². The van der Waals surface area contributed by atoms with E-state index in [4.69, 9.17) is 9.47 Å². The van der Waals surface area contributed by atoms with Gasteiger partial charge in [-0.3, -0.25) is 9.69 Å². The fourth-order valence-corrected chi connectivity index (χ4v) is 6.61. The molecule has 0 aromatic heterocycles. The molecule has 4 nitrogen and oxygen atoms in total. The summed E-state index contributed by atoms with van der Waals surface area (Å²) in [4.78, 5) is 14.4. The lowest BCUT2D eigenvalue weighted by Crippen LogP contribution is -2.36. The number of carbonyl (C=O) groups excluding carboxylic acids is 1. The van der Waals surface area contributed by atoms with Gasteiger partial charge in [0.05, 0.1) is 18.6 Å². The molecule has 0 bridgehead atoms. The molecule has 0 N–H and O–H groups in total. The maximum Gasteiger partial charge on any atom is 0.309 e. The van der Waals surface area contributed by atoms with E-state index >= 15 is 0 Å². The normalized spacial score (nSPS) is 22.1. The number of likely N-dealkylation sites (tertiary alicyclic amines) is 1. The fourth-order valence-electron chi connectivity index (χ4n) is 6.61. The van der Waals surface area contributed by atoms with Gasteiger partial charge in [0.15, 0.2) is 0 Å². The zero-order valence-corrected chi connectivity index (χ0v) is 20.9. The third-order valence-electron chi connectivity index (χ3n) is 8.70. The summed E-state index contributed by atoms with van der Waals surface area (Å²) in [5, 5.41) is 2.53. The van der Waals surface area contributed by atoms with E-state index in [0.717, 1.165) is 38.2 Å². The van der Waals surface area contributed by atoms with Crippen LogP contribution in [0, 0.1) is 11.3 Å². The lowest BCUT2D eigenvalue weighted by atomic mass is 9.65. The van der Waals surface area contributed by atoms with Gasteiger partial charge in [-0.05, 0) is 111 Å². The lowest BCUT2D eigenvalue weighted by molar-refractivity contribution is -0.149. The van der Waals surface area contributed by atoms with E-state index in [0.29, 0.717) is 18.1 Å². The molecule has 4 heteroatoms. The highest BCUT2D eigenvalue weighted by molar-refractivity contribution is 5.84. The summed E-state index contributed by atoms with van der Waals surface area (Å²) in [6.45, 7) is 5.20. The largest absolute Gasteiger partial charge is 0.490 e. The van der Waals surface area contributed by atoms with E-state index < -0.39 is 0 Å². The van der Waals surface area contributed by atoms with Crippen LogP contribution in [0.3, 0.4) is 0 Å². The maximum atomic E-state index is 12.0. The Bertz CT molecular complexity index is 962. The molecule has 2 aliphatic carbocycles. The Morgan fingerprint density at radius 3 is 2.35 bits per heavy atom. The summed E-state index contributed by atoms with van der Waals surface area (Å²) in [5.74, 6) is 1.07. The van der Waals surface area contributed by atoms with Gasteiger partial charge >= 0.3 is 5.97 Å². The van der Waals surface area contributed by atoms with Gasteiger partial charge in [0.25, 0.3) is 0 Å². The molecular weight excluding hydrogens is 422 g/mol. The van der Waals surface area contributed by atoms with Crippen LogP contribution >= 0.6 is 0 Å². The zero-order chi connectivity index (χ0) is 23.4. The molecule has 0 radical (unpaired) electrons. The van der Waals surface area contributed by atoms with Gasteiger partial charge < -0.3 is 9.47 Å². The number of fused-ring (bicyclic) bond motifs is 1. The molecule has 3 fully saturated rings. The highest BCUT2D eigenvalue weighted by Crippen LogP contribution is 2.48. The van der Waals surface area contributed by atoms with Crippen molar-refractivity contribution in [3.05, 3.63) is 42.0 Å². The molecule has 2 aromatic carbocycles. The van der Waals surface area contributed by atoms with Gasteiger partial charge in [0.1, 0.15) is 5.75 Å². The van der Waals surface area contributed by atoms with E-state index in [-0.39, 0.29) is 11.9 Å². The SMILES string of the molecule is CCOC(=O)C1CCN(Cc2ccc3cc(OC4CCC5(CCCCC5)CC4)ccc3c2)CC1. The van der Waals surface area contributed by atoms with Crippen molar-refractivity contribution in [1.82, 2.24) is 4.90 Å². The third kappa shape index (κ3) is 5.59. The second-order valence-corrected chi connectivity index (χ2v) is 11.0. The van der Waals surface area contributed by atoms with Crippen LogP contribution in [0.5, 0.6) is 5.75 Å². The smallest absolute Gasteiger partial charge is 0.309 e. The molecule has 34 heavy (non-hydrogen) atoms. The number of hydrogen-bond acceptors (Lipinski definition) is 4. The fraction of sp³-hybridized carbons (Fsp3) is 0.633. The summed E-state index contributed by atoms with van der Waals surface area (Å²) >= 11 is 0. The molecule has 1 aliphatic heterocycles. The van der Waals surface area contributed by atoms with Crippen LogP contribution in [0.25, 0.3) is 10.8 Å². The molecule has 1 spiro atoms. The minimum absolute atomic E-state index is 0.0207. The number of esters is 1. The summed E-state index contributed by atoms with van der Waals surface area (Å²) in [6.07, 6.45) is 14.5. The van der Waals surface area contributed by atoms with Crippen molar-refractivity contribution < 1.29 is 14.3 Å². The highest BCUT2D eigenvalue weighted by Gasteiger charge is 2.36. The lowest BCUT2D eigenvalue weighted by Gasteiger charge is -2.42. The Hall–Kier alpha value is -2.07. The zero-order valence-electron chi connectivity index (χ0n) is 20.9. The summed E-state index contributed by atoms with van der Waals surface area (Å²) in [5.41, 5.74) is 1.98. The van der Waals surface area contributed by atoms with Gasteiger partial charge in [0.2, 0.25) is 0 Å². The predicted molar refractivity (Wildman–Crippen MR) is 137 cm³/mol. The second-order valence-electron chi connectivity index (χ2n) is 11.0. The third-order valence-corrected chi connectivity index (χ3v) is 8.70. The van der Waals surface area contributed by atoms with E-state index in [9.17, 15) is 4.79 Å². The van der Waals surface area contributed by atoms with Gasteiger partial charge in [-0.25, -0.2) is 0 Å². The van der Waals surface area contributed by atoms with Crippen molar-refractivity contribution in [3.8, 4) is 5.75 Å². The quantitative estimate of drug-likeness (QED) is 0.437. The molecule has 0 atom stereocenters. The van der Waals surface area contributed by atoms with Crippen LogP contribution in [0.2, 0.25) is 0 Å². The second kappa shape index (κ2) is 10.7. The monoisotopic (exact) mass is 463 g/mol. The number of nitrogens with zero attached hydrogens (tertiary/aromatic N) is 1. The van der Waals surface area contributed by atoms with Crippen molar-refractivity contribution in [2.45, 2.75) is 90.2 Å². The van der Waals surface area contributed by atoms with Crippen LogP contribution in [-0.4, -0.2) is 36.7 Å². The standard InChI is InChI=1S/C30H41NO3/c1-2-33-29(32)24-12-18-31(19-13-24)22-23-6-7-26-21-28(9-8-25(26)20-23)34-27-10-16-30(17-11-27)14-4-3-5-15-30/h6-9,20-21,24,27H,2-5,10-19,22H2,1H3. The van der Waals surface area contributed by atoms with Crippen molar-refractivity contribution in [2.75, 3.05) is 19.7 Å². The first-order valence-electron chi connectivity index (χ1n) is 13.7. The molecule has 1 saturated heterocycles. The van der Waals surface area contributed by atoms with Gasteiger partial charge in [-0.1, -0.05) is 37.5 Å². The first-order valence-corrected chi connectivity index (χ1v) is 13.7. The Labute approximate surface area is 205 Å². The van der Waals surface area contributed by atoms with Crippen LogP contribution in [0.1, 0.15) is 83.1 Å². The van der Waals surface area contributed by atoms with Gasteiger partial charge in [-0.2, -0.15) is 0 Å². The summed E-state index contributed by atoms with van der Waals surface area (Å²) in [7, 11) is 0. The average molecular weight is 464 g/mol. The van der Waals surface area contributed by atoms with Crippen LogP contribution < -0.4 is 4.74 Å². The molecule has 1 heterocycles. The Morgan fingerprint density at radius 2 is 1.62 bits per heavy atom. The molecule has 2 aromatic rings. The Kier molecular flexibility index (Phi) is 7.43. The number of hydrogen-bond donors (Lipinski definition) is 0. The van der Waals surface area contributed by atoms with Crippen LogP contribution in [0.15, 0.2) is 36.4 Å². The minimum Gasteiger partial charge on any atom is -0.490 e. The predicted octanol–water partition coefficient (Wildman–Crippen LogP) is 6.89. The molecule has 5 rings (SSSR count). The van der Waals surface area contributed by atoms with Crippen LogP contribution in [0.4, 0.5) is 0 Å². The van der Waals surface area contributed by atoms with E-state index in [2.05, 4.69) is 41.3 Å². The number of carbonyl (C=O) groups is 1. The van der Waals surface area contributed by atoms with E-state index in [1.807, 2.05) is 6.92 Å². The topological polar surface area (TPSA) is 38.8 Å². The maximum absolute atomic E-state index is 12.0. The highest BCUT2D eigenvalue weighted by atomic mass is 16.5. The van der Waals surface area contributed by atoms with E-state index in [1.165, 1.54) is 74.1 Å². The van der Waals surface area contributed by atoms with Crippen LogP contribution in [-0.2, 0) is 16.1 Å². The van der Waals surface area contributed by atoms with E-state index in [1.54, 1.807) is 0 Å². The number of ether oxygens (including phenoxy) is 2. The number of rotatable bonds is 6. The first-order chi connectivity index (χ1) is 16.6. The van der Waals surface area contributed by atoms with Crippen molar-refractivity contribution >= 4 is 16.7 Å². The Balaban J connectivity index is 1.14. The van der Waals surface area contributed by atoms with Gasteiger partial charge in [0, 0.05) is 6.54 Å². The van der Waals surface area contributed by atoms with Gasteiger partial charge in [-0.15, -0.1) is 0 Å². The molecule has 3 aliphatic rings. The first kappa shape index (κ1) is 23.7. The average Bonchev–Trinajstić information content (AvgIpc) is 2.87.